The molecule has 0 bridgehead atoms. The fourth-order valence-electron chi connectivity index (χ4n) is 2.73. The van der Waals surface area contributed by atoms with Crippen molar-refractivity contribution in [1.29, 1.82) is 0 Å². The van der Waals surface area contributed by atoms with E-state index in [-0.39, 0.29) is 5.96 Å². The first kappa shape index (κ1) is 11.1. The van der Waals surface area contributed by atoms with E-state index in [1.807, 2.05) is 0 Å². The number of aromatic nitrogens is 1. The zero-order valence-corrected chi connectivity index (χ0v) is 10.4. The highest BCUT2D eigenvalue weighted by Crippen LogP contribution is 2.29. The minimum atomic E-state index is 0.145. The Kier molecular flexibility index (Phi) is 2.70. The van der Waals surface area contributed by atoms with Gasteiger partial charge in [0.05, 0.1) is 6.54 Å². The molecule has 0 aliphatic heterocycles. The first-order chi connectivity index (χ1) is 8.74. The molecule has 4 nitrogen and oxygen atoms in total. The number of nitrogens with one attached hydrogen (secondary N) is 1. The van der Waals surface area contributed by atoms with Crippen LogP contribution in [0.4, 0.5) is 0 Å². The molecule has 0 atom stereocenters. The van der Waals surface area contributed by atoms with Crippen molar-refractivity contribution in [2.75, 3.05) is 0 Å². The molecule has 0 amide bonds. The quantitative estimate of drug-likeness (QED) is 0.554. The Morgan fingerprint density at radius 1 is 1.22 bits per heavy atom. The van der Waals surface area contributed by atoms with E-state index in [9.17, 15) is 0 Å². The van der Waals surface area contributed by atoms with Gasteiger partial charge in [-0.25, -0.2) is 4.99 Å². The normalized spacial score (nSPS) is 14.4. The van der Waals surface area contributed by atoms with Crippen LogP contribution in [0.25, 0.3) is 10.9 Å². The molecular formula is C14H18N4. The van der Waals surface area contributed by atoms with E-state index < -0.39 is 0 Å². The van der Waals surface area contributed by atoms with Crippen LogP contribution in [0.5, 0.6) is 0 Å². The summed E-state index contributed by atoms with van der Waals surface area (Å²) < 4.78 is 0. The Morgan fingerprint density at radius 2 is 2.06 bits per heavy atom. The summed E-state index contributed by atoms with van der Waals surface area (Å²) in [5, 5.41) is 1.34. The number of H-pyrrole nitrogens is 1. The van der Waals surface area contributed by atoms with Crippen LogP contribution in [-0.4, -0.2) is 10.9 Å². The fourth-order valence-corrected chi connectivity index (χ4v) is 2.73. The van der Waals surface area contributed by atoms with Crippen LogP contribution in [-0.2, 0) is 19.4 Å². The third-order valence-electron chi connectivity index (χ3n) is 3.61. The van der Waals surface area contributed by atoms with Crippen molar-refractivity contribution < 1.29 is 0 Å². The van der Waals surface area contributed by atoms with Crippen LogP contribution in [0.1, 0.15) is 29.7 Å². The predicted octanol–water partition coefficient (Wildman–Crippen LogP) is 1.82. The Morgan fingerprint density at radius 3 is 2.89 bits per heavy atom. The molecule has 3 rings (SSSR count). The van der Waals surface area contributed by atoms with Gasteiger partial charge in [-0.15, -0.1) is 0 Å². The number of nitrogens with two attached hydrogens (primary N) is 2. The standard InChI is InChI=1S/C14H18N4/c15-14(16)17-8-9-5-6-13-11(7-9)10-3-1-2-4-12(10)18-13/h5-7,18H,1-4,8H2,(H4,15,16,17). The summed E-state index contributed by atoms with van der Waals surface area (Å²) in [5.74, 6) is 0.145. The molecule has 0 spiro atoms. The summed E-state index contributed by atoms with van der Waals surface area (Å²) in [6.45, 7) is 0.554. The highest BCUT2D eigenvalue weighted by Gasteiger charge is 2.15. The number of aliphatic imine (C=N–C) groups is 1. The van der Waals surface area contributed by atoms with Crippen LogP contribution in [0.3, 0.4) is 0 Å². The molecule has 18 heavy (non-hydrogen) atoms. The van der Waals surface area contributed by atoms with Crippen molar-refractivity contribution in [3.63, 3.8) is 0 Å². The number of nitrogens with zero attached hydrogens (tertiary/aromatic N) is 1. The molecule has 1 heterocycles. The number of hydrogen-bond acceptors (Lipinski definition) is 1. The van der Waals surface area contributed by atoms with Gasteiger partial charge >= 0.3 is 0 Å². The topological polar surface area (TPSA) is 80.2 Å². The van der Waals surface area contributed by atoms with E-state index >= 15 is 0 Å². The van der Waals surface area contributed by atoms with E-state index in [1.54, 1.807) is 0 Å². The highest BCUT2D eigenvalue weighted by molar-refractivity contribution is 5.85. The van der Waals surface area contributed by atoms with Crippen molar-refractivity contribution >= 4 is 16.9 Å². The van der Waals surface area contributed by atoms with E-state index in [0.29, 0.717) is 6.54 Å². The Labute approximate surface area is 106 Å². The molecule has 1 aromatic heterocycles. The number of fused-ring (bicyclic) bond motifs is 3. The summed E-state index contributed by atoms with van der Waals surface area (Å²) >= 11 is 0. The first-order valence-corrected chi connectivity index (χ1v) is 6.42. The average Bonchev–Trinajstić information content (AvgIpc) is 2.74. The molecule has 1 aliphatic rings. The first-order valence-electron chi connectivity index (χ1n) is 6.42. The van der Waals surface area contributed by atoms with Crippen molar-refractivity contribution in [3.05, 3.63) is 35.0 Å². The smallest absolute Gasteiger partial charge is 0.186 e. The SMILES string of the molecule is NC(N)=NCc1ccc2[nH]c3c(c2c1)CCCC3. The van der Waals surface area contributed by atoms with Crippen molar-refractivity contribution in [2.24, 2.45) is 16.5 Å². The molecule has 2 aromatic rings. The molecule has 1 aromatic carbocycles. The van der Waals surface area contributed by atoms with Gasteiger partial charge in [0.15, 0.2) is 5.96 Å². The molecule has 0 radical (unpaired) electrons. The highest BCUT2D eigenvalue weighted by atomic mass is 15.0. The summed E-state index contributed by atoms with van der Waals surface area (Å²) in [7, 11) is 0. The lowest BCUT2D eigenvalue weighted by Crippen LogP contribution is -2.22. The molecule has 0 fully saturated rings. The predicted molar refractivity (Wildman–Crippen MR) is 74.5 cm³/mol. The van der Waals surface area contributed by atoms with E-state index in [4.69, 9.17) is 11.5 Å². The van der Waals surface area contributed by atoms with Gasteiger partial charge < -0.3 is 16.5 Å². The lowest BCUT2D eigenvalue weighted by atomic mass is 9.95. The van der Waals surface area contributed by atoms with Gasteiger partial charge in [0.1, 0.15) is 0 Å². The van der Waals surface area contributed by atoms with Crippen molar-refractivity contribution in [1.82, 2.24) is 4.98 Å². The fraction of sp³-hybridized carbons (Fsp3) is 0.357. The summed E-state index contributed by atoms with van der Waals surface area (Å²) in [4.78, 5) is 7.58. The molecule has 0 unspecified atom stereocenters. The lowest BCUT2D eigenvalue weighted by Gasteiger charge is -2.10. The van der Waals surface area contributed by atoms with Crippen molar-refractivity contribution in [3.8, 4) is 0 Å². The molecular weight excluding hydrogens is 224 g/mol. The van der Waals surface area contributed by atoms with Crippen LogP contribution in [0.15, 0.2) is 23.2 Å². The van der Waals surface area contributed by atoms with Gasteiger partial charge in [0.25, 0.3) is 0 Å². The number of hydrogen-bond donors (Lipinski definition) is 3. The molecule has 94 valence electrons. The zero-order chi connectivity index (χ0) is 12.5. The summed E-state index contributed by atoms with van der Waals surface area (Å²) in [5.41, 5.74) is 16.0. The minimum absolute atomic E-state index is 0.145. The van der Waals surface area contributed by atoms with Gasteiger partial charge in [-0.05, 0) is 48.9 Å². The average molecular weight is 242 g/mol. The Bertz CT molecular complexity index is 606. The summed E-state index contributed by atoms with van der Waals surface area (Å²) in [6.07, 6.45) is 4.94. The van der Waals surface area contributed by atoms with E-state index in [1.165, 1.54) is 47.8 Å². The van der Waals surface area contributed by atoms with Crippen molar-refractivity contribution in [2.45, 2.75) is 32.2 Å². The summed E-state index contributed by atoms with van der Waals surface area (Å²) in [6, 6.07) is 6.42. The van der Waals surface area contributed by atoms with Gasteiger partial charge in [0.2, 0.25) is 0 Å². The maximum absolute atomic E-state index is 5.37. The van der Waals surface area contributed by atoms with Crippen LogP contribution in [0.2, 0.25) is 0 Å². The third-order valence-corrected chi connectivity index (χ3v) is 3.61. The minimum Gasteiger partial charge on any atom is -0.370 e. The molecule has 4 heteroatoms. The number of aromatic amines is 1. The second kappa shape index (κ2) is 4.37. The van der Waals surface area contributed by atoms with Crippen LogP contribution < -0.4 is 11.5 Å². The van der Waals surface area contributed by atoms with Gasteiger partial charge in [-0.3, -0.25) is 0 Å². The number of guanidine groups is 1. The molecule has 0 saturated carbocycles. The van der Waals surface area contributed by atoms with E-state index in [0.717, 1.165) is 5.56 Å². The molecule has 5 N–H and O–H groups in total. The maximum atomic E-state index is 5.37. The monoisotopic (exact) mass is 242 g/mol. The van der Waals surface area contributed by atoms with Gasteiger partial charge in [0, 0.05) is 16.6 Å². The van der Waals surface area contributed by atoms with Crippen LogP contribution in [0, 0.1) is 0 Å². The lowest BCUT2D eigenvalue weighted by molar-refractivity contribution is 0.680. The maximum Gasteiger partial charge on any atom is 0.186 e. The Balaban J connectivity index is 2.02. The second-order valence-corrected chi connectivity index (χ2v) is 4.91. The zero-order valence-electron chi connectivity index (χ0n) is 10.4. The number of rotatable bonds is 2. The largest absolute Gasteiger partial charge is 0.370 e. The number of benzene rings is 1. The van der Waals surface area contributed by atoms with Crippen LogP contribution >= 0.6 is 0 Å². The second-order valence-electron chi connectivity index (χ2n) is 4.91. The molecule has 0 saturated heterocycles. The van der Waals surface area contributed by atoms with E-state index in [2.05, 4.69) is 28.2 Å². The molecule has 1 aliphatic carbocycles. The van der Waals surface area contributed by atoms with Gasteiger partial charge in [-0.1, -0.05) is 6.07 Å². The third kappa shape index (κ3) is 1.94. The number of aryl methyl sites for hydroxylation is 2. The van der Waals surface area contributed by atoms with Gasteiger partial charge in [-0.2, -0.15) is 0 Å². The Hall–Kier alpha value is -1.97.